The van der Waals surface area contributed by atoms with E-state index in [-0.39, 0.29) is 23.4 Å². The van der Waals surface area contributed by atoms with Gasteiger partial charge in [0.05, 0.1) is 18.3 Å². The number of nitrogens with zero attached hydrogens (tertiary/aromatic N) is 2. The standard InChI is InChI=1S/C24H25FN4O2/c1-15(30-2)17-5-3-4-6-18(17)19-9-16(25)7-8-20(19)31-21-10-26-14-29-22(21)23-24(13-28-23)11-27-12-24/h3-10,14-15,23,27-28H,11-13H2,1-2H3. The number of nitrogens with one attached hydrogen (secondary N) is 2. The average molecular weight is 420 g/mol. The van der Waals surface area contributed by atoms with Gasteiger partial charge in [-0.2, -0.15) is 0 Å². The molecular formula is C24H25FN4O2. The predicted octanol–water partition coefficient (Wildman–Crippen LogP) is 4.02. The molecule has 2 saturated heterocycles. The molecule has 0 bridgehead atoms. The first-order valence-corrected chi connectivity index (χ1v) is 10.4. The summed E-state index contributed by atoms with van der Waals surface area (Å²) in [4.78, 5) is 8.71. The molecule has 2 aliphatic heterocycles. The van der Waals surface area contributed by atoms with E-state index >= 15 is 0 Å². The Morgan fingerprint density at radius 3 is 2.65 bits per heavy atom. The van der Waals surface area contributed by atoms with Gasteiger partial charge in [0.2, 0.25) is 0 Å². The van der Waals surface area contributed by atoms with Crippen LogP contribution in [-0.4, -0.2) is 36.7 Å². The minimum atomic E-state index is -0.327. The topological polar surface area (TPSA) is 68.3 Å². The van der Waals surface area contributed by atoms with E-state index in [9.17, 15) is 4.39 Å². The second-order valence-corrected chi connectivity index (χ2v) is 8.26. The Morgan fingerprint density at radius 1 is 1.10 bits per heavy atom. The summed E-state index contributed by atoms with van der Waals surface area (Å²) in [6.45, 7) is 4.84. The van der Waals surface area contributed by atoms with E-state index in [1.807, 2.05) is 31.2 Å². The van der Waals surface area contributed by atoms with Gasteiger partial charge in [-0.05, 0) is 36.2 Å². The number of methoxy groups -OCH3 is 1. The van der Waals surface area contributed by atoms with Gasteiger partial charge in [0.1, 0.15) is 23.6 Å². The Morgan fingerprint density at radius 2 is 1.94 bits per heavy atom. The summed E-state index contributed by atoms with van der Waals surface area (Å²) in [5, 5.41) is 6.84. The van der Waals surface area contributed by atoms with E-state index in [2.05, 4.69) is 20.6 Å². The second kappa shape index (κ2) is 8.00. The minimum absolute atomic E-state index is 0.108. The van der Waals surface area contributed by atoms with Crippen LogP contribution in [0.2, 0.25) is 0 Å². The first kappa shape index (κ1) is 20.1. The molecule has 0 radical (unpaired) electrons. The molecule has 0 amide bonds. The van der Waals surface area contributed by atoms with Crippen LogP contribution in [0, 0.1) is 11.2 Å². The third kappa shape index (κ3) is 3.48. The zero-order valence-electron chi connectivity index (χ0n) is 17.6. The first-order valence-electron chi connectivity index (χ1n) is 10.4. The van der Waals surface area contributed by atoms with Crippen molar-refractivity contribution in [2.24, 2.45) is 5.41 Å². The Hall–Kier alpha value is -2.87. The summed E-state index contributed by atoms with van der Waals surface area (Å²) in [7, 11) is 1.66. The zero-order chi connectivity index (χ0) is 21.4. The fraction of sp³-hybridized carbons (Fsp3) is 0.333. The molecule has 2 aliphatic rings. The van der Waals surface area contributed by atoms with Gasteiger partial charge < -0.3 is 20.1 Å². The molecule has 3 aromatic rings. The number of hydrogen-bond donors (Lipinski definition) is 2. The SMILES string of the molecule is COC(C)c1ccccc1-c1cc(F)ccc1Oc1cncnc1C1NCC12CNC2. The van der Waals surface area contributed by atoms with Crippen LogP contribution in [0.3, 0.4) is 0 Å². The number of ether oxygens (including phenoxy) is 2. The minimum Gasteiger partial charge on any atom is -0.453 e. The van der Waals surface area contributed by atoms with Crippen LogP contribution in [0.15, 0.2) is 55.0 Å². The third-order valence-corrected chi connectivity index (χ3v) is 6.41. The molecular weight excluding hydrogens is 395 g/mol. The second-order valence-electron chi connectivity index (χ2n) is 8.26. The maximum Gasteiger partial charge on any atom is 0.168 e. The molecule has 3 heterocycles. The molecule has 2 unspecified atom stereocenters. The van der Waals surface area contributed by atoms with Crippen molar-refractivity contribution in [3.63, 3.8) is 0 Å². The van der Waals surface area contributed by atoms with Crippen LogP contribution in [0.25, 0.3) is 11.1 Å². The van der Waals surface area contributed by atoms with Crippen molar-refractivity contribution in [1.29, 1.82) is 0 Å². The maximum absolute atomic E-state index is 14.3. The van der Waals surface area contributed by atoms with Crippen LogP contribution in [0.1, 0.15) is 30.3 Å². The zero-order valence-corrected chi connectivity index (χ0v) is 17.6. The summed E-state index contributed by atoms with van der Waals surface area (Å²) in [5.74, 6) is 0.802. The van der Waals surface area contributed by atoms with Gasteiger partial charge in [0.25, 0.3) is 0 Å². The molecule has 1 spiro atoms. The molecule has 0 saturated carbocycles. The predicted molar refractivity (Wildman–Crippen MR) is 115 cm³/mol. The monoisotopic (exact) mass is 420 g/mol. The molecule has 5 rings (SSSR count). The summed E-state index contributed by atoms with van der Waals surface area (Å²) in [5.41, 5.74) is 3.50. The van der Waals surface area contributed by atoms with Crippen molar-refractivity contribution in [2.45, 2.75) is 19.1 Å². The lowest BCUT2D eigenvalue weighted by molar-refractivity contribution is 0.0172. The average Bonchev–Trinajstić information content (AvgIpc) is 2.74. The van der Waals surface area contributed by atoms with Gasteiger partial charge in [-0.25, -0.2) is 14.4 Å². The normalized spacial score (nSPS) is 20.0. The molecule has 31 heavy (non-hydrogen) atoms. The number of hydrogen-bond acceptors (Lipinski definition) is 6. The van der Waals surface area contributed by atoms with Gasteiger partial charge in [0.15, 0.2) is 5.75 Å². The molecule has 2 atom stereocenters. The van der Waals surface area contributed by atoms with Gasteiger partial charge in [-0.15, -0.1) is 0 Å². The van der Waals surface area contributed by atoms with Gasteiger partial charge in [0, 0.05) is 37.7 Å². The molecule has 2 N–H and O–H groups in total. The molecule has 2 fully saturated rings. The highest BCUT2D eigenvalue weighted by molar-refractivity contribution is 5.74. The van der Waals surface area contributed by atoms with Crippen LogP contribution >= 0.6 is 0 Å². The van der Waals surface area contributed by atoms with Crippen LogP contribution < -0.4 is 15.4 Å². The largest absolute Gasteiger partial charge is 0.453 e. The summed E-state index contributed by atoms with van der Waals surface area (Å²) in [6.07, 6.45) is 3.08. The Balaban J connectivity index is 1.55. The van der Waals surface area contributed by atoms with Gasteiger partial charge in [-0.1, -0.05) is 24.3 Å². The number of benzene rings is 2. The van der Waals surface area contributed by atoms with Crippen molar-refractivity contribution < 1.29 is 13.9 Å². The highest BCUT2D eigenvalue weighted by Crippen LogP contribution is 2.47. The lowest BCUT2D eigenvalue weighted by Crippen LogP contribution is -2.71. The van der Waals surface area contributed by atoms with Crippen molar-refractivity contribution in [3.8, 4) is 22.6 Å². The summed E-state index contributed by atoms with van der Waals surface area (Å²) >= 11 is 0. The molecule has 0 aliphatic carbocycles. The fourth-order valence-electron chi connectivity index (χ4n) is 4.42. The first-order chi connectivity index (χ1) is 15.1. The lowest BCUT2D eigenvalue weighted by atomic mass is 9.67. The van der Waals surface area contributed by atoms with E-state index in [1.54, 1.807) is 25.7 Å². The maximum atomic E-state index is 14.3. The number of rotatable bonds is 6. The van der Waals surface area contributed by atoms with Gasteiger partial charge in [-0.3, -0.25) is 0 Å². The molecule has 1 aromatic heterocycles. The van der Waals surface area contributed by atoms with E-state index in [1.165, 1.54) is 12.1 Å². The van der Waals surface area contributed by atoms with E-state index < -0.39 is 0 Å². The van der Waals surface area contributed by atoms with Crippen molar-refractivity contribution in [1.82, 2.24) is 20.6 Å². The quantitative estimate of drug-likeness (QED) is 0.628. The highest BCUT2D eigenvalue weighted by atomic mass is 19.1. The molecule has 160 valence electrons. The third-order valence-electron chi connectivity index (χ3n) is 6.41. The van der Waals surface area contributed by atoms with Crippen molar-refractivity contribution >= 4 is 0 Å². The summed E-state index contributed by atoms with van der Waals surface area (Å²) < 4.78 is 26.2. The Kier molecular flexibility index (Phi) is 5.17. The molecule has 6 nitrogen and oxygen atoms in total. The smallest absolute Gasteiger partial charge is 0.168 e. The number of aromatic nitrogens is 2. The van der Waals surface area contributed by atoms with E-state index in [0.29, 0.717) is 17.1 Å². The Bertz CT molecular complexity index is 1100. The van der Waals surface area contributed by atoms with E-state index in [0.717, 1.165) is 36.5 Å². The van der Waals surface area contributed by atoms with Gasteiger partial charge >= 0.3 is 0 Å². The van der Waals surface area contributed by atoms with Crippen LogP contribution in [0.4, 0.5) is 4.39 Å². The lowest BCUT2D eigenvalue weighted by Gasteiger charge is -2.56. The van der Waals surface area contributed by atoms with Crippen molar-refractivity contribution in [3.05, 3.63) is 72.1 Å². The molecule has 2 aromatic carbocycles. The van der Waals surface area contributed by atoms with Crippen LogP contribution in [0.5, 0.6) is 11.5 Å². The highest BCUT2D eigenvalue weighted by Gasteiger charge is 2.53. The number of halogens is 1. The van der Waals surface area contributed by atoms with E-state index in [4.69, 9.17) is 9.47 Å². The fourth-order valence-corrected chi connectivity index (χ4v) is 4.42. The van der Waals surface area contributed by atoms with Crippen molar-refractivity contribution in [2.75, 3.05) is 26.7 Å². The Labute approximate surface area is 180 Å². The summed E-state index contributed by atoms with van der Waals surface area (Å²) in [6, 6.07) is 12.5. The van der Waals surface area contributed by atoms with Crippen LogP contribution in [-0.2, 0) is 4.74 Å². The molecule has 7 heteroatoms.